The molecule has 0 amide bonds. The molecule has 0 radical (unpaired) electrons. The highest BCUT2D eigenvalue weighted by Crippen LogP contribution is 2.63. The molecular weight excluding hydrogens is 885 g/mol. The van der Waals surface area contributed by atoms with Gasteiger partial charge in [-0.25, -0.2) is 4.79 Å². The maximum atomic E-state index is 15.6. The largest absolute Gasteiger partial charge is 0.511 e. The average Bonchev–Trinajstić information content (AvgIpc) is 3.55. The van der Waals surface area contributed by atoms with Gasteiger partial charge in [-0.05, 0) is 83.5 Å². The Kier molecular flexibility index (Phi) is 16.4. The lowest BCUT2D eigenvalue weighted by Gasteiger charge is -2.56. The Bertz CT molecular complexity index is 2030. The maximum Gasteiger partial charge on any atom is 0.346 e. The normalized spacial score (nSPS) is 47.0. The van der Waals surface area contributed by atoms with Crippen LogP contribution in [0.15, 0.2) is 46.3 Å². The first-order valence-electron chi connectivity index (χ1n) is 26.1. The van der Waals surface area contributed by atoms with Gasteiger partial charge in [-0.15, -0.1) is 0 Å². The summed E-state index contributed by atoms with van der Waals surface area (Å²) in [5.41, 5.74) is -1.44. The molecule has 1 spiro atoms. The van der Waals surface area contributed by atoms with E-state index in [1.165, 1.54) is 7.11 Å². The Hall–Kier alpha value is -2.79. The van der Waals surface area contributed by atoms with Crippen molar-refractivity contribution in [2.75, 3.05) is 13.7 Å². The number of methoxy groups -OCH3 is 1. The second-order valence-corrected chi connectivity index (χ2v) is 22.7. The lowest BCUT2D eigenvalue weighted by atomic mass is 9.47. The molecule has 4 fully saturated rings. The van der Waals surface area contributed by atoms with E-state index in [4.69, 9.17) is 28.4 Å². The standard InChI is InChI=1S/C55H84O14/c1-13-36-20-35(26-56)18-29(5)48(67-42-22-40(59)49(34(10)66-42)68-43-23-41(64-12)47(60)33(9)65-43)27(3)16-15-17-53(11)24-30(6)31(7)25-55(53)51(62)44(52(63)69-55)50(61)54(14-2)45(36)28(4)19-37-39(58)21-38(57)32(8)46(37)54/h19-20,24,27,29,31-35,37,39-43,45-49,56,58-61H,13-18,21-23,25-26H2,1-12H3. The molecule has 14 heteroatoms. The number of hydrogen-bond donors (Lipinski definition) is 5. The highest BCUT2D eigenvalue weighted by molar-refractivity contribution is 6.26. The predicted octanol–water partition coefficient (Wildman–Crippen LogP) is 7.40. The molecule has 7 aliphatic rings. The summed E-state index contributed by atoms with van der Waals surface area (Å²) in [6, 6.07) is 0. The topological polar surface area (TPSA) is 208 Å². The number of carbonyl (C=O) groups excluding carboxylic acids is 3. The number of allylic oxidation sites excluding steroid dienone is 4. The fraction of sp³-hybridized carbons (Fsp3) is 0.800. The van der Waals surface area contributed by atoms with Crippen LogP contribution in [0.5, 0.6) is 0 Å². The number of Topliss-reactive ketones (excluding diaryl/α,β-unsaturated/α-hetero) is 2. The molecule has 69 heavy (non-hydrogen) atoms. The maximum absolute atomic E-state index is 15.6. The molecule has 3 aliphatic heterocycles. The van der Waals surface area contributed by atoms with Crippen molar-refractivity contribution in [2.24, 2.45) is 58.2 Å². The second-order valence-electron chi connectivity index (χ2n) is 22.7. The van der Waals surface area contributed by atoms with Gasteiger partial charge in [0, 0.05) is 73.9 Å². The predicted molar refractivity (Wildman–Crippen MR) is 257 cm³/mol. The van der Waals surface area contributed by atoms with E-state index in [2.05, 4.69) is 26.0 Å². The van der Waals surface area contributed by atoms with Crippen LogP contribution in [0.25, 0.3) is 0 Å². The number of carbonyl (C=O) groups is 3. The molecule has 14 nitrogen and oxygen atoms in total. The van der Waals surface area contributed by atoms with Crippen LogP contribution >= 0.6 is 0 Å². The zero-order valence-corrected chi connectivity index (χ0v) is 43.3. The molecule has 388 valence electrons. The summed E-state index contributed by atoms with van der Waals surface area (Å²) in [7, 11) is 1.54. The van der Waals surface area contributed by atoms with Crippen molar-refractivity contribution in [1.29, 1.82) is 0 Å². The minimum Gasteiger partial charge on any atom is -0.511 e. The van der Waals surface area contributed by atoms with Crippen LogP contribution < -0.4 is 0 Å². The van der Waals surface area contributed by atoms with Crippen LogP contribution in [0.2, 0.25) is 0 Å². The molecule has 5 N–H and O–H groups in total. The summed E-state index contributed by atoms with van der Waals surface area (Å²) in [6.07, 6.45) is 2.88. The van der Waals surface area contributed by atoms with Gasteiger partial charge in [0.1, 0.15) is 29.3 Å². The van der Waals surface area contributed by atoms with E-state index >= 15 is 4.79 Å². The highest BCUT2D eigenvalue weighted by atomic mass is 16.7. The summed E-state index contributed by atoms with van der Waals surface area (Å²) in [5, 5.41) is 58.3. The van der Waals surface area contributed by atoms with Crippen molar-refractivity contribution in [3.63, 3.8) is 0 Å². The molecule has 0 aromatic heterocycles. The molecule has 0 aromatic rings. The molecular formula is C55H84O14. The summed E-state index contributed by atoms with van der Waals surface area (Å²) < 4.78 is 37.7. The van der Waals surface area contributed by atoms with Crippen molar-refractivity contribution in [3.8, 4) is 0 Å². The van der Waals surface area contributed by atoms with E-state index in [1.807, 2.05) is 61.5 Å². The minimum atomic E-state index is -1.60. The third-order valence-corrected chi connectivity index (χ3v) is 18.3. The monoisotopic (exact) mass is 969 g/mol. The lowest BCUT2D eigenvalue weighted by Crippen LogP contribution is -2.57. The summed E-state index contributed by atoms with van der Waals surface area (Å²) in [6.45, 7) is 21.5. The Morgan fingerprint density at radius 2 is 1.51 bits per heavy atom. The van der Waals surface area contributed by atoms with E-state index < -0.39 is 113 Å². The molecule has 7 rings (SSSR count). The number of hydrogen-bond acceptors (Lipinski definition) is 14. The fourth-order valence-corrected chi connectivity index (χ4v) is 14.5. The van der Waals surface area contributed by atoms with Gasteiger partial charge in [0.2, 0.25) is 5.78 Å². The van der Waals surface area contributed by atoms with Crippen molar-refractivity contribution in [3.05, 3.63) is 46.3 Å². The van der Waals surface area contributed by atoms with Crippen molar-refractivity contribution >= 4 is 17.5 Å². The van der Waals surface area contributed by atoms with Gasteiger partial charge in [0.25, 0.3) is 0 Å². The number of esters is 1. The third-order valence-electron chi connectivity index (χ3n) is 18.3. The van der Waals surface area contributed by atoms with Crippen LogP contribution in [0.4, 0.5) is 0 Å². The Morgan fingerprint density at radius 3 is 2.14 bits per heavy atom. The van der Waals surface area contributed by atoms with Crippen LogP contribution in [-0.2, 0) is 42.8 Å². The van der Waals surface area contributed by atoms with Crippen molar-refractivity contribution in [2.45, 2.75) is 207 Å². The highest BCUT2D eigenvalue weighted by Gasteiger charge is 2.67. The lowest BCUT2D eigenvalue weighted by molar-refractivity contribution is -0.320. The first kappa shape index (κ1) is 54.0. The zero-order chi connectivity index (χ0) is 50.7. The van der Waals surface area contributed by atoms with Gasteiger partial charge < -0.3 is 54.0 Å². The first-order valence-corrected chi connectivity index (χ1v) is 26.1. The summed E-state index contributed by atoms with van der Waals surface area (Å²) in [5.74, 6) is -4.99. The third kappa shape index (κ3) is 9.55. The first-order chi connectivity index (χ1) is 32.5. The van der Waals surface area contributed by atoms with Gasteiger partial charge in [0.15, 0.2) is 18.2 Å². The van der Waals surface area contributed by atoms with E-state index in [0.29, 0.717) is 32.1 Å². The van der Waals surface area contributed by atoms with E-state index in [0.717, 1.165) is 16.7 Å². The summed E-state index contributed by atoms with van der Waals surface area (Å²) >= 11 is 0. The van der Waals surface area contributed by atoms with Crippen LogP contribution in [-0.4, -0.2) is 124 Å². The number of ether oxygens (including phenoxy) is 6. The van der Waals surface area contributed by atoms with E-state index in [-0.39, 0.29) is 79.5 Å². The molecule has 4 aliphatic carbocycles. The molecule has 0 aromatic carbocycles. The van der Waals surface area contributed by atoms with Gasteiger partial charge in [-0.1, -0.05) is 89.8 Å². The quantitative estimate of drug-likeness (QED) is 0.0913. The van der Waals surface area contributed by atoms with Gasteiger partial charge in [-0.2, -0.15) is 0 Å². The smallest absolute Gasteiger partial charge is 0.346 e. The number of rotatable bonds is 8. The molecule has 2 bridgehead atoms. The number of aliphatic hydroxyl groups is 5. The van der Waals surface area contributed by atoms with Gasteiger partial charge in [0.05, 0.1) is 36.6 Å². The van der Waals surface area contributed by atoms with Crippen molar-refractivity contribution < 1.29 is 68.3 Å². The molecule has 3 saturated heterocycles. The minimum absolute atomic E-state index is 0.0313. The van der Waals surface area contributed by atoms with Crippen LogP contribution in [0.1, 0.15) is 140 Å². The Morgan fingerprint density at radius 1 is 0.841 bits per heavy atom. The van der Waals surface area contributed by atoms with Crippen molar-refractivity contribution in [1.82, 2.24) is 0 Å². The average molecular weight is 969 g/mol. The summed E-state index contributed by atoms with van der Waals surface area (Å²) in [4.78, 5) is 44.1. The van der Waals surface area contributed by atoms with Crippen LogP contribution in [0.3, 0.4) is 0 Å². The fourth-order valence-electron chi connectivity index (χ4n) is 14.5. The molecule has 21 atom stereocenters. The van der Waals surface area contributed by atoms with E-state index in [9.17, 15) is 35.1 Å². The SMILES string of the molecule is CCC1=CC(CO)CC(C)C(OC2CC(O)C(OC3CC(OC)C(O)C(C)O3)C(C)O2)C(C)CCCC2(C)C=C(C)C(C)CC23OC(=O)C(=C(O)C2(CC)C1C(C)=CC1C(O)CC(=O)C(C)C12)C3=O. The number of ketones is 2. The number of fused-ring (bicyclic) bond motifs is 4. The number of aliphatic hydroxyl groups excluding tert-OH is 5. The zero-order valence-electron chi connectivity index (χ0n) is 43.3. The molecule has 1 saturated carbocycles. The van der Waals surface area contributed by atoms with Crippen LogP contribution in [0, 0.1) is 58.2 Å². The Balaban J connectivity index is 1.30. The molecule has 21 unspecified atom stereocenters. The molecule has 3 heterocycles. The van der Waals surface area contributed by atoms with Gasteiger partial charge >= 0.3 is 5.97 Å². The Labute approximate surface area is 410 Å². The van der Waals surface area contributed by atoms with Gasteiger partial charge in [-0.3, -0.25) is 9.59 Å². The van der Waals surface area contributed by atoms with E-state index in [1.54, 1.807) is 6.92 Å². The second kappa shape index (κ2) is 21.0.